The summed E-state index contributed by atoms with van der Waals surface area (Å²) in [5, 5.41) is 8.91. The van der Waals surface area contributed by atoms with Crippen LogP contribution < -0.4 is 10.6 Å². The lowest BCUT2D eigenvalue weighted by Gasteiger charge is -2.34. The molecule has 1 fully saturated rings. The Morgan fingerprint density at radius 1 is 1.52 bits per heavy atom. The first-order valence-electron chi connectivity index (χ1n) is 7.72. The number of ether oxygens (including phenoxy) is 1. The average Bonchev–Trinajstić information content (AvgIpc) is 2.85. The second-order valence-electron chi connectivity index (χ2n) is 5.52. The molecule has 1 heterocycles. The molecule has 1 saturated carbocycles. The van der Waals surface area contributed by atoms with Gasteiger partial charge in [0, 0.05) is 24.4 Å². The van der Waals surface area contributed by atoms with Crippen LogP contribution in [0.2, 0.25) is 0 Å². The van der Waals surface area contributed by atoms with Crippen molar-refractivity contribution in [2.24, 2.45) is 5.92 Å². The molecular formula is C15H25N3O2S. The molecule has 5 nitrogen and oxygen atoms in total. The number of nitrogens with one attached hydrogen (secondary N) is 2. The third kappa shape index (κ3) is 4.76. The lowest BCUT2D eigenvalue weighted by molar-refractivity contribution is -0.119. The molecule has 1 unspecified atom stereocenters. The molecule has 1 aromatic rings. The minimum atomic E-state index is 0.0620. The van der Waals surface area contributed by atoms with Crippen LogP contribution in [0.3, 0.4) is 0 Å². The van der Waals surface area contributed by atoms with E-state index in [1.807, 2.05) is 12.3 Å². The van der Waals surface area contributed by atoms with Gasteiger partial charge in [0.2, 0.25) is 5.91 Å². The second-order valence-corrected chi connectivity index (χ2v) is 6.38. The first-order chi connectivity index (χ1) is 10.1. The van der Waals surface area contributed by atoms with Crippen LogP contribution in [0.25, 0.3) is 0 Å². The number of nitrogens with zero attached hydrogens (tertiary/aromatic N) is 1. The molecule has 0 spiro atoms. The van der Waals surface area contributed by atoms with Crippen LogP contribution in [0.4, 0.5) is 5.13 Å². The van der Waals surface area contributed by atoms with E-state index in [4.69, 9.17) is 4.74 Å². The predicted molar refractivity (Wildman–Crippen MR) is 85.6 cm³/mol. The molecule has 1 aromatic heterocycles. The van der Waals surface area contributed by atoms with Gasteiger partial charge in [0.15, 0.2) is 5.13 Å². The first-order valence-corrected chi connectivity index (χ1v) is 8.60. The summed E-state index contributed by atoms with van der Waals surface area (Å²) in [6, 6.07) is 0.218. The summed E-state index contributed by atoms with van der Waals surface area (Å²) in [5.74, 6) is 0.522. The maximum atomic E-state index is 12.0. The summed E-state index contributed by atoms with van der Waals surface area (Å²) < 4.78 is 5.51. The van der Waals surface area contributed by atoms with E-state index in [2.05, 4.69) is 29.5 Å². The Bertz CT molecular complexity index is 458. The minimum Gasteiger partial charge on any atom is -0.378 e. The van der Waals surface area contributed by atoms with Gasteiger partial charge in [0.1, 0.15) is 0 Å². The molecule has 0 bridgehead atoms. The molecule has 2 rings (SSSR count). The van der Waals surface area contributed by atoms with Crippen molar-refractivity contribution in [3.05, 3.63) is 11.1 Å². The largest absolute Gasteiger partial charge is 0.378 e. The van der Waals surface area contributed by atoms with Crippen molar-refractivity contribution in [2.75, 3.05) is 18.5 Å². The molecule has 6 heteroatoms. The van der Waals surface area contributed by atoms with E-state index < -0.39 is 0 Å². The second kappa shape index (κ2) is 7.87. The van der Waals surface area contributed by atoms with Crippen molar-refractivity contribution in [3.8, 4) is 0 Å². The van der Waals surface area contributed by atoms with Gasteiger partial charge >= 0.3 is 0 Å². The number of anilines is 1. The molecule has 0 aliphatic heterocycles. The van der Waals surface area contributed by atoms with Crippen LogP contribution in [0, 0.1) is 5.92 Å². The van der Waals surface area contributed by atoms with Crippen LogP contribution in [0.1, 0.15) is 51.8 Å². The van der Waals surface area contributed by atoms with Crippen molar-refractivity contribution in [1.29, 1.82) is 0 Å². The van der Waals surface area contributed by atoms with Crippen LogP contribution in [-0.4, -0.2) is 30.1 Å². The Kier molecular flexibility index (Phi) is 6.14. The Morgan fingerprint density at radius 3 is 2.95 bits per heavy atom. The van der Waals surface area contributed by atoms with E-state index in [1.165, 1.54) is 11.3 Å². The van der Waals surface area contributed by atoms with Gasteiger partial charge < -0.3 is 15.4 Å². The Hall–Kier alpha value is -0.980. The number of hydrogen-bond donors (Lipinski definition) is 2. The number of carbonyl (C=O) groups excluding carboxylic acids is 1. The van der Waals surface area contributed by atoms with Crippen LogP contribution >= 0.6 is 11.3 Å². The van der Waals surface area contributed by atoms with E-state index in [1.54, 1.807) is 0 Å². The van der Waals surface area contributed by atoms with Crippen molar-refractivity contribution in [2.45, 2.75) is 52.2 Å². The van der Waals surface area contributed by atoms with Crippen molar-refractivity contribution >= 4 is 22.4 Å². The highest BCUT2D eigenvalue weighted by Gasteiger charge is 2.31. The summed E-state index contributed by atoms with van der Waals surface area (Å²) in [7, 11) is 0. The molecule has 21 heavy (non-hydrogen) atoms. The Labute approximate surface area is 130 Å². The number of thiazole rings is 1. The minimum absolute atomic E-state index is 0.0620. The third-order valence-electron chi connectivity index (χ3n) is 3.79. The Balaban J connectivity index is 1.73. The molecule has 1 amide bonds. The monoisotopic (exact) mass is 311 g/mol. The summed E-state index contributed by atoms with van der Waals surface area (Å²) in [4.78, 5) is 16.4. The zero-order valence-electron chi connectivity index (χ0n) is 13.0. The van der Waals surface area contributed by atoms with Gasteiger partial charge in [-0.1, -0.05) is 6.92 Å². The van der Waals surface area contributed by atoms with E-state index in [0.717, 1.165) is 31.7 Å². The zero-order valence-corrected chi connectivity index (χ0v) is 13.8. The molecule has 118 valence electrons. The molecule has 0 aromatic carbocycles. The SMILES string of the molecule is CCNC(C)c1csc(NC(=O)CC2CC(OCC)C2)n1. The number of hydrogen-bond acceptors (Lipinski definition) is 5. The smallest absolute Gasteiger partial charge is 0.226 e. The van der Waals surface area contributed by atoms with Gasteiger partial charge in [-0.2, -0.15) is 0 Å². The molecule has 1 aliphatic carbocycles. The van der Waals surface area contributed by atoms with Crippen molar-refractivity contribution < 1.29 is 9.53 Å². The van der Waals surface area contributed by atoms with Gasteiger partial charge in [0.25, 0.3) is 0 Å². The lowest BCUT2D eigenvalue weighted by atomic mass is 9.80. The summed E-state index contributed by atoms with van der Waals surface area (Å²) >= 11 is 1.49. The third-order valence-corrected chi connectivity index (χ3v) is 4.57. The van der Waals surface area contributed by atoms with Crippen LogP contribution in [-0.2, 0) is 9.53 Å². The fraction of sp³-hybridized carbons (Fsp3) is 0.733. The highest BCUT2D eigenvalue weighted by molar-refractivity contribution is 7.13. The zero-order chi connectivity index (χ0) is 15.2. The molecule has 2 N–H and O–H groups in total. The standard InChI is InChI=1S/C15H25N3O2S/c1-4-16-10(3)13-9-21-15(17-13)18-14(19)8-11-6-12(7-11)20-5-2/h9-12,16H,4-8H2,1-3H3,(H,17,18,19). The van der Waals surface area contributed by atoms with Gasteiger partial charge in [0.05, 0.1) is 11.8 Å². The van der Waals surface area contributed by atoms with Gasteiger partial charge in [-0.3, -0.25) is 4.79 Å². The first kappa shape index (κ1) is 16.4. The number of rotatable bonds is 8. The maximum absolute atomic E-state index is 12.0. The van der Waals surface area contributed by atoms with Crippen molar-refractivity contribution in [3.63, 3.8) is 0 Å². The van der Waals surface area contributed by atoms with Crippen LogP contribution in [0.15, 0.2) is 5.38 Å². The summed E-state index contributed by atoms with van der Waals surface area (Å²) in [5.41, 5.74) is 0.984. The van der Waals surface area contributed by atoms with Gasteiger partial charge in [-0.05, 0) is 39.2 Å². The van der Waals surface area contributed by atoms with Crippen molar-refractivity contribution in [1.82, 2.24) is 10.3 Å². The predicted octanol–water partition coefficient (Wildman–Crippen LogP) is 2.96. The van der Waals surface area contributed by atoms with Gasteiger partial charge in [-0.15, -0.1) is 11.3 Å². The Morgan fingerprint density at radius 2 is 2.29 bits per heavy atom. The number of carbonyl (C=O) groups is 1. The quantitative estimate of drug-likeness (QED) is 0.775. The highest BCUT2D eigenvalue weighted by Crippen LogP contribution is 2.33. The summed E-state index contributed by atoms with van der Waals surface area (Å²) in [6.45, 7) is 7.82. The summed E-state index contributed by atoms with van der Waals surface area (Å²) in [6.07, 6.45) is 2.94. The van der Waals surface area contributed by atoms with Gasteiger partial charge in [-0.25, -0.2) is 4.98 Å². The molecule has 0 saturated heterocycles. The van der Waals surface area contributed by atoms with E-state index in [-0.39, 0.29) is 11.9 Å². The topological polar surface area (TPSA) is 63.2 Å². The lowest BCUT2D eigenvalue weighted by Crippen LogP contribution is -2.33. The number of amides is 1. The molecular weight excluding hydrogens is 286 g/mol. The van der Waals surface area contributed by atoms with E-state index >= 15 is 0 Å². The van der Waals surface area contributed by atoms with E-state index in [0.29, 0.717) is 23.6 Å². The average molecular weight is 311 g/mol. The highest BCUT2D eigenvalue weighted by atomic mass is 32.1. The fourth-order valence-corrected chi connectivity index (χ4v) is 3.42. The molecule has 0 radical (unpaired) electrons. The number of aromatic nitrogens is 1. The van der Waals surface area contributed by atoms with E-state index in [9.17, 15) is 4.79 Å². The molecule has 1 atom stereocenters. The normalized spacial score (nSPS) is 22.6. The fourth-order valence-electron chi connectivity index (χ4n) is 2.60. The maximum Gasteiger partial charge on any atom is 0.226 e. The van der Waals surface area contributed by atoms with Crippen LogP contribution in [0.5, 0.6) is 0 Å². The molecule has 1 aliphatic rings.